The molecule has 0 bridgehead atoms. The molecule has 1 fully saturated rings. The summed E-state index contributed by atoms with van der Waals surface area (Å²) in [6, 6.07) is 0. The molecule has 0 aromatic carbocycles. The average Bonchev–Trinajstić information content (AvgIpc) is 2.61. The van der Waals surface area contributed by atoms with Gasteiger partial charge in [0.25, 0.3) is 0 Å². The van der Waals surface area contributed by atoms with Crippen LogP contribution in [0.5, 0.6) is 0 Å². The third kappa shape index (κ3) is 8.13. The van der Waals surface area contributed by atoms with Gasteiger partial charge in [-0.1, -0.05) is 0 Å². The molecule has 176 valence electrons. The first-order valence-corrected chi connectivity index (χ1v) is 9.56. The topological polar surface area (TPSA) is 161 Å². The second-order valence-electron chi connectivity index (χ2n) is 6.78. The van der Waals surface area contributed by atoms with Crippen molar-refractivity contribution < 1.29 is 57.5 Å². The normalized spacial score (nSPS) is 27.5. The molecule has 1 aliphatic carbocycles. The van der Waals surface area contributed by atoms with Crippen molar-refractivity contribution in [1.82, 2.24) is 0 Å². The van der Waals surface area contributed by atoms with Gasteiger partial charge in [0, 0.05) is 47.8 Å². The lowest BCUT2D eigenvalue weighted by Gasteiger charge is -2.47. The van der Waals surface area contributed by atoms with Gasteiger partial charge in [0.2, 0.25) is 0 Å². The van der Waals surface area contributed by atoms with Gasteiger partial charge in [-0.25, -0.2) is 0 Å². The van der Waals surface area contributed by atoms with Crippen LogP contribution in [-0.2, 0) is 52.4 Å². The molecule has 1 rings (SSSR count). The highest BCUT2D eigenvalue weighted by Gasteiger charge is 2.59. The van der Waals surface area contributed by atoms with Gasteiger partial charge in [-0.05, 0) is 6.42 Å². The summed E-state index contributed by atoms with van der Waals surface area (Å²) in [4.78, 5) is 58.8. The zero-order valence-corrected chi connectivity index (χ0v) is 18.0. The first-order valence-electron chi connectivity index (χ1n) is 9.56. The Morgan fingerprint density at radius 3 is 1.03 bits per heavy atom. The van der Waals surface area contributed by atoms with E-state index >= 15 is 0 Å². The Morgan fingerprint density at radius 2 is 0.806 bits per heavy atom. The summed E-state index contributed by atoms with van der Waals surface area (Å²) in [5.74, 6) is -4.00. The van der Waals surface area contributed by atoms with Gasteiger partial charge in [-0.3, -0.25) is 24.0 Å². The van der Waals surface area contributed by atoms with Gasteiger partial charge in [0.1, 0.15) is 6.10 Å². The van der Waals surface area contributed by atoms with Crippen molar-refractivity contribution in [2.24, 2.45) is 0 Å². The molecule has 0 saturated heterocycles. The molecule has 0 aromatic rings. The summed E-state index contributed by atoms with van der Waals surface area (Å²) < 4.78 is 32.1. The van der Waals surface area contributed by atoms with Gasteiger partial charge in [-0.15, -0.1) is 0 Å². The van der Waals surface area contributed by atoms with E-state index in [1.165, 1.54) is 0 Å². The van der Waals surface area contributed by atoms with Crippen LogP contribution in [0.3, 0.4) is 0 Å². The zero-order chi connectivity index (χ0) is 23.7. The number of hydrogen-bond acceptors (Lipinski definition) is 12. The van der Waals surface area contributed by atoms with E-state index in [0.717, 1.165) is 34.6 Å². The van der Waals surface area contributed by atoms with Crippen LogP contribution in [0, 0.1) is 0 Å². The molecule has 0 spiro atoms. The minimum Gasteiger partial charge on any atom is -0.455 e. The fourth-order valence-corrected chi connectivity index (χ4v) is 3.22. The summed E-state index contributed by atoms with van der Waals surface area (Å²) in [6.07, 6.45) is -8.24. The fraction of sp³-hybridized carbons (Fsp3) is 0.737. The number of esters is 5. The number of hydrogen-bond donors (Lipinski definition) is 1. The lowest BCUT2D eigenvalue weighted by atomic mass is 9.83. The number of rotatable bonds is 9. The quantitative estimate of drug-likeness (QED) is 0.272. The monoisotopic (exact) mass is 448 g/mol. The van der Waals surface area contributed by atoms with Crippen molar-refractivity contribution in [3.8, 4) is 0 Å². The van der Waals surface area contributed by atoms with Crippen molar-refractivity contribution >= 4 is 29.8 Å². The molecule has 0 aliphatic heterocycles. The summed E-state index contributed by atoms with van der Waals surface area (Å²) in [5, 5.41) is 9.05. The molecule has 0 radical (unpaired) electrons. The highest BCUT2D eigenvalue weighted by molar-refractivity contribution is 5.70. The standard InChI is InChI=1S/C19H28O12/c1-9(21)27-15-14(26-8-6-7-20)16(28-10(2)22)18(30-12(4)24)19(31-13(5)25)17(15)29-11(3)23/h14-20H,6-8H2,1-5H3. The fourth-order valence-electron chi connectivity index (χ4n) is 3.22. The Morgan fingerprint density at radius 1 is 0.548 bits per heavy atom. The van der Waals surface area contributed by atoms with Gasteiger partial charge in [-0.2, -0.15) is 0 Å². The van der Waals surface area contributed by atoms with Gasteiger partial charge < -0.3 is 33.5 Å². The molecule has 4 atom stereocenters. The van der Waals surface area contributed by atoms with E-state index in [9.17, 15) is 24.0 Å². The Hall–Kier alpha value is -2.73. The van der Waals surface area contributed by atoms with E-state index in [1.807, 2.05) is 0 Å². The smallest absolute Gasteiger partial charge is 0.303 e. The van der Waals surface area contributed by atoms with Crippen LogP contribution in [0.15, 0.2) is 0 Å². The van der Waals surface area contributed by atoms with Gasteiger partial charge in [0.05, 0.1) is 0 Å². The second kappa shape index (κ2) is 12.2. The average molecular weight is 448 g/mol. The van der Waals surface area contributed by atoms with E-state index in [-0.39, 0.29) is 19.6 Å². The predicted molar refractivity (Wildman–Crippen MR) is 99.2 cm³/mol. The maximum absolute atomic E-state index is 11.8. The molecule has 0 heterocycles. The maximum Gasteiger partial charge on any atom is 0.303 e. The van der Waals surface area contributed by atoms with E-state index in [1.54, 1.807) is 0 Å². The lowest BCUT2D eigenvalue weighted by molar-refractivity contribution is -0.262. The van der Waals surface area contributed by atoms with Crippen LogP contribution < -0.4 is 0 Å². The van der Waals surface area contributed by atoms with Gasteiger partial charge in [0.15, 0.2) is 30.5 Å². The third-order valence-corrected chi connectivity index (χ3v) is 4.07. The molecule has 1 N–H and O–H groups in total. The molecule has 12 heteroatoms. The maximum atomic E-state index is 11.8. The number of carbonyl (C=O) groups is 5. The number of ether oxygens (including phenoxy) is 6. The van der Waals surface area contributed by atoms with Crippen LogP contribution in [0.2, 0.25) is 0 Å². The molecule has 4 unspecified atom stereocenters. The van der Waals surface area contributed by atoms with Crippen LogP contribution in [0.1, 0.15) is 41.0 Å². The van der Waals surface area contributed by atoms with Gasteiger partial charge >= 0.3 is 29.8 Å². The number of aliphatic hydroxyl groups excluding tert-OH is 1. The summed E-state index contributed by atoms with van der Waals surface area (Å²) >= 11 is 0. The van der Waals surface area contributed by atoms with Crippen molar-refractivity contribution in [2.45, 2.75) is 77.7 Å². The van der Waals surface area contributed by atoms with Crippen LogP contribution in [0.4, 0.5) is 0 Å². The molecule has 1 aliphatic rings. The summed E-state index contributed by atoms with van der Waals surface area (Å²) in [5.41, 5.74) is 0. The van der Waals surface area contributed by atoms with Crippen LogP contribution in [0.25, 0.3) is 0 Å². The lowest BCUT2D eigenvalue weighted by Crippen LogP contribution is -2.68. The van der Waals surface area contributed by atoms with Crippen molar-refractivity contribution in [3.63, 3.8) is 0 Å². The van der Waals surface area contributed by atoms with Crippen molar-refractivity contribution in [2.75, 3.05) is 13.2 Å². The molecule has 0 aromatic heterocycles. The Kier molecular flexibility index (Phi) is 10.4. The van der Waals surface area contributed by atoms with E-state index in [2.05, 4.69) is 0 Å². The first kappa shape index (κ1) is 26.3. The molecule has 12 nitrogen and oxygen atoms in total. The Bertz CT molecular complexity index is 631. The third-order valence-electron chi connectivity index (χ3n) is 4.07. The van der Waals surface area contributed by atoms with Crippen molar-refractivity contribution in [1.29, 1.82) is 0 Å². The molecule has 1 saturated carbocycles. The van der Waals surface area contributed by atoms with Crippen LogP contribution in [-0.4, -0.2) is 84.8 Å². The molecular weight excluding hydrogens is 420 g/mol. The number of carbonyl (C=O) groups excluding carboxylic acids is 5. The Labute approximate surface area is 179 Å². The summed E-state index contributed by atoms with van der Waals surface area (Å²) in [7, 11) is 0. The van der Waals surface area contributed by atoms with E-state index in [4.69, 9.17) is 33.5 Å². The minimum absolute atomic E-state index is 0.0610. The SMILES string of the molecule is CC(=O)OC1C(OCCCO)C(OC(C)=O)C(OC(C)=O)C(OC(C)=O)C1OC(C)=O. The highest BCUT2D eigenvalue weighted by Crippen LogP contribution is 2.34. The molecule has 31 heavy (non-hydrogen) atoms. The predicted octanol–water partition coefficient (Wildman–Crippen LogP) is -0.574. The number of aliphatic hydroxyl groups is 1. The molecular formula is C19H28O12. The zero-order valence-electron chi connectivity index (χ0n) is 18.0. The summed E-state index contributed by atoms with van der Waals surface area (Å²) in [6.45, 7) is 5.13. The highest BCUT2D eigenvalue weighted by atomic mass is 16.7. The largest absolute Gasteiger partial charge is 0.455 e. The first-order chi connectivity index (χ1) is 14.5. The van der Waals surface area contributed by atoms with E-state index < -0.39 is 66.5 Å². The second-order valence-corrected chi connectivity index (χ2v) is 6.78. The van der Waals surface area contributed by atoms with Crippen molar-refractivity contribution in [3.05, 3.63) is 0 Å². The van der Waals surface area contributed by atoms with Crippen LogP contribution >= 0.6 is 0 Å². The Balaban J connectivity index is 3.58. The van der Waals surface area contributed by atoms with E-state index in [0.29, 0.717) is 0 Å². The molecule has 0 amide bonds. The minimum atomic E-state index is -1.48.